The fraction of sp³-hybridized carbons (Fsp3) is 0.833. The molecule has 8 heavy (non-hydrogen) atoms. The summed E-state index contributed by atoms with van der Waals surface area (Å²) in [6.07, 6.45) is 10.6. The van der Waals surface area contributed by atoms with Gasteiger partial charge in [-0.2, -0.15) is 0 Å². The summed E-state index contributed by atoms with van der Waals surface area (Å²) in [5.41, 5.74) is 0. The van der Waals surface area contributed by atoms with Crippen molar-refractivity contribution in [2.45, 2.75) is 26.2 Å². The first-order valence-electron chi connectivity index (χ1n) is 2.87. The summed E-state index contributed by atoms with van der Waals surface area (Å²) in [4.78, 5) is 0. The van der Waals surface area contributed by atoms with Crippen LogP contribution in [-0.2, 0) is 0 Å². The Balaban J connectivity index is 2.53. The van der Waals surface area contributed by atoms with Crippen LogP contribution < -0.4 is 0 Å². The van der Waals surface area contributed by atoms with Crippen molar-refractivity contribution in [3.63, 3.8) is 0 Å². The van der Waals surface area contributed by atoms with E-state index in [9.17, 15) is 0 Å². The Labute approximate surface area is 60.2 Å². The van der Waals surface area contributed by atoms with Crippen molar-refractivity contribution < 1.29 is 0 Å². The fourth-order valence-electron chi connectivity index (χ4n) is 0.453. The third-order valence-electron chi connectivity index (χ3n) is 0.890. The Kier molecular flexibility index (Phi) is 8.37. The van der Waals surface area contributed by atoms with E-state index in [0.29, 0.717) is 0 Å². The van der Waals surface area contributed by atoms with E-state index >= 15 is 0 Å². The zero-order valence-electron chi connectivity index (χ0n) is 5.14. The second-order valence-corrected chi connectivity index (χ2v) is 3.63. The molecule has 0 atom stereocenters. The molecule has 2 heteroatoms. The zero-order chi connectivity index (χ0) is 6.24. The minimum absolute atomic E-state index is 1.12. The monoisotopic (exact) mass is 147 g/mol. The van der Waals surface area contributed by atoms with Gasteiger partial charge in [-0.25, -0.2) is 0 Å². The van der Waals surface area contributed by atoms with Gasteiger partial charge in [0, 0.05) is 5.75 Å². The van der Waals surface area contributed by atoms with E-state index in [2.05, 4.69) is 6.92 Å². The topological polar surface area (TPSA) is 0 Å². The molecule has 47 valence electrons. The summed E-state index contributed by atoms with van der Waals surface area (Å²) in [7, 11) is 2.75. The maximum absolute atomic E-state index is 6.72. The highest BCUT2D eigenvalue weighted by Crippen LogP contribution is 2.19. The predicted molar refractivity (Wildman–Crippen MR) is 42.8 cm³/mol. The van der Waals surface area contributed by atoms with E-state index in [1.807, 2.05) is 0 Å². The quantitative estimate of drug-likeness (QED) is 0.433. The molecule has 0 aromatic heterocycles. The molecule has 0 saturated carbocycles. The van der Waals surface area contributed by atoms with Crippen LogP contribution in [0.1, 0.15) is 26.2 Å². The van der Waals surface area contributed by atoms with Crippen molar-refractivity contribution in [3.8, 4) is 0 Å². The highest BCUT2D eigenvalue weighted by Gasteiger charge is 1.84. The molecule has 3 radical (unpaired) electrons. The smallest absolute Gasteiger partial charge is 0.0817 e. The van der Waals surface area contributed by atoms with Gasteiger partial charge in [0.1, 0.15) is 0 Å². The van der Waals surface area contributed by atoms with Crippen molar-refractivity contribution in [2.24, 2.45) is 0 Å². The minimum Gasteiger partial charge on any atom is -0.0934 e. The lowest BCUT2D eigenvalue weighted by Crippen LogP contribution is -1.74. The van der Waals surface area contributed by atoms with Gasteiger partial charge in [0.05, 0.1) is 6.26 Å². The standard InChI is InChI=1S/C6H11S2/c1-3-4-5-6-8-7-2/h3-6H2,1H3. The average molecular weight is 147 g/mol. The van der Waals surface area contributed by atoms with E-state index in [4.69, 9.17) is 6.26 Å². The van der Waals surface area contributed by atoms with Gasteiger partial charge in [0.15, 0.2) is 0 Å². The summed E-state index contributed by atoms with van der Waals surface area (Å²) in [5, 5.41) is 0. The van der Waals surface area contributed by atoms with E-state index in [1.165, 1.54) is 19.3 Å². The van der Waals surface area contributed by atoms with E-state index in [-0.39, 0.29) is 0 Å². The van der Waals surface area contributed by atoms with Crippen LogP contribution in [0.25, 0.3) is 0 Å². The summed E-state index contributed by atoms with van der Waals surface area (Å²) in [6, 6.07) is 0. The summed E-state index contributed by atoms with van der Waals surface area (Å²) in [6.45, 7) is 2.19. The van der Waals surface area contributed by atoms with Crippen molar-refractivity contribution >= 4 is 21.6 Å². The fourth-order valence-corrected chi connectivity index (χ4v) is 1.46. The highest BCUT2D eigenvalue weighted by molar-refractivity contribution is 8.77. The summed E-state index contributed by atoms with van der Waals surface area (Å²) < 4.78 is 0. The Morgan fingerprint density at radius 1 is 1.38 bits per heavy atom. The van der Waals surface area contributed by atoms with E-state index < -0.39 is 0 Å². The number of unbranched alkanes of at least 4 members (excludes halogenated alkanes) is 2. The molecule has 0 nitrogen and oxygen atoms in total. The molecule has 0 spiro atoms. The molecule has 0 heterocycles. The van der Waals surface area contributed by atoms with Gasteiger partial charge in [-0.1, -0.05) is 41.4 Å². The summed E-state index contributed by atoms with van der Waals surface area (Å²) in [5.74, 6) is 1.14. The molecular formula is C6H11S2. The molecule has 0 aliphatic carbocycles. The normalized spacial score (nSPS) is 9.75. The van der Waals surface area contributed by atoms with Crippen LogP contribution in [0.3, 0.4) is 0 Å². The maximum Gasteiger partial charge on any atom is 0.0817 e. The van der Waals surface area contributed by atoms with Crippen LogP contribution in [0.2, 0.25) is 0 Å². The molecule has 0 aromatic carbocycles. The van der Waals surface area contributed by atoms with Crippen molar-refractivity contribution in [1.29, 1.82) is 0 Å². The number of rotatable bonds is 5. The third kappa shape index (κ3) is 6.70. The molecule has 0 bridgehead atoms. The molecule has 0 N–H and O–H groups in total. The molecule has 0 aliphatic rings. The summed E-state index contributed by atoms with van der Waals surface area (Å²) >= 11 is 0. The Morgan fingerprint density at radius 2 is 2.12 bits per heavy atom. The van der Waals surface area contributed by atoms with Gasteiger partial charge in [-0.05, 0) is 6.42 Å². The molecular weight excluding hydrogens is 136 g/mol. The van der Waals surface area contributed by atoms with Gasteiger partial charge < -0.3 is 0 Å². The first-order valence-corrected chi connectivity index (χ1v) is 5.19. The van der Waals surface area contributed by atoms with Gasteiger partial charge in [-0.15, -0.1) is 0 Å². The molecule has 0 amide bonds. The number of hydrogen-bond acceptors (Lipinski definition) is 2. The van der Waals surface area contributed by atoms with Crippen molar-refractivity contribution in [3.05, 3.63) is 6.26 Å². The SMILES string of the molecule is [C]SSCCCCC. The molecule has 0 unspecified atom stereocenters. The van der Waals surface area contributed by atoms with E-state index in [0.717, 1.165) is 16.5 Å². The average Bonchev–Trinajstić information content (AvgIpc) is 1.81. The second kappa shape index (κ2) is 7.70. The van der Waals surface area contributed by atoms with Crippen LogP contribution >= 0.6 is 21.6 Å². The largest absolute Gasteiger partial charge is 0.0934 e. The minimum atomic E-state index is 1.12. The maximum atomic E-state index is 6.72. The van der Waals surface area contributed by atoms with Crippen LogP contribution in [0.5, 0.6) is 0 Å². The van der Waals surface area contributed by atoms with Crippen molar-refractivity contribution in [1.82, 2.24) is 0 Å². The zero-order valence-corrected chi connectivity index (χ0v) is 6.78. The lowest BCUT2D eigenvalue weighted by atomic mass is 10.3. The van der Waals surface area contributed by atoms with Crippen molar-refractivity contribution in [2.75, 3.05) is 5.75 Å². The first-order chi connectivity index (χ1) is 3.91. The molecule has 0 saturated heterocycles. The Bertz CT molecular complexity index is 31.5. The van der Waals surface area contributed by atoms with Gasteiger partial charge >= 0.3 is 0 Å². The van der Waals surface area contributed by atoms with Crippen LogP contribution in [0.15, 0.2) is 0 Å². The number of hydrogen-bond donors (Lipinski definition) is 0. The lowest BCUT2D eigenvalue weighted by Gasteiger charge is -1.92. The Hall–Kier alpha value is 0.700. The van der Waals surface area contributed by atoms with Crippen LogP contribution in [0.4, 0.5) is 0 Å². The molecule has 0 aromatic rings. The second-order valence-electron chi connectivity index (χ2n) is 1.61. The van der Waals surface area contributed by atoms with E-state index in [1.54, 1.807) is 10.8 Å². The van der Waals surface area contributed by atoms with Gasteiger partial charge in [0.2, 0.25) is 0 Å². The first kappa shape index (κ1) is 8.70. The Morgan fingerprint density at radius 3 is 2.62 bits per heavy atom. The van der Waals surface area contributed by atoms with Gasteiger partial charge in [0.25, 0.3) is 0 Å². The third-order valence-corrected chi connectivity index (χ3v) is 2.32. The predicted octanol–water partition coefficient (Wildman–Crippen LogP) is 3.10. The van der Waals surface area contributed by atoms with Crippen LogP contribution in [0, 0.1) is 6.26 Å². The van der Waals surface area contributed by atoms with Gasteiger partial charge in [-0.3, -0.25) is 0 Å². The molecule has 0 rings (SSSR count). The molecule has 0 aliphatic heterocycles. The van der Waals surface area contributed by atoms with Crippen LogP contribution in [-0.4, -0.2) is 5.75 Å². The highest BCUT2D eigenvalue weighted by atomic mass is 33.1. The lowest BCUT2D eigenvalue weighted by molar-refractivity contribution is 0.780. The molecule has 0 fully saturated rings.